The first kappa shape index (κ1) is 17.6. The van der Waals surface area contributed by atoms with Crippen molar-refractivity contribution in [3.63, 3.8) is 0 Å². The van der Waals surface area contributed by atoms with Gasteiger partial charge in [0.1, 0.15) is 6.04 Å². The maximum absolute atomic E-state index is 11.2. The van der Waals surface area contributed by atoms with Crippen LogP contribution in [0.1, 0.15) is 12.5 Å². The first-order valence-corrected chi connectivity index (χ1v) is 4.70. The summed E-state index contributed by atoms with van der Waals surface area (Å²) in [5, 5.41) is 0. The van der Waals surface area contributed by atoms with E-state index >= 15 is 0 Å². The predicted molar refractivity (Wildman–Crippen MR) is 69.3 cm³/mol. The normalized spacial score (nSPS) is 10.6. The fourth-order valence-corrected chi connectivity index (χ4v) is 1.20. The van der Waals surface area contributed by atoms with Gasteiger partial charge >= 0.3 is 5.97 Å². The molecule has 5 heteroatoms. The summed E-state index contributed by atoms with van der Waals surface area (Å²) in [6, 6.07) is 9.11. The minimum atomic E-state index is -0.558. The third-order valence-corrected chi connectivity index (χ3v) is 1.89. The lowest BCUT2D eigenvalue weighted by molar-refractivity contribution is -0.144. The molecule has 1 aromatic carbocycles. The second kappa shape index (κ2) is 9.46. The lowest BCUT2D eigenvalue weighted by Crippen LogP contribution is -2.34. The number of carbonyl (C=O) groups is 1. The van der Waals surface area contributed by atoms with Gasteiger partial charge in [0.25, 0.3) is 0 Å². The number of rotatable bonds is 4. The smallest absolute Gasteiger partial charge is 0.323 e. The maximum atomic E-state index is 11.2. The number of hydrogen-bond donors (Lipinski definition) is 1. The van der Waals surface area contributed by atoms with Gasteiger partial charge in [0.15, 0.2) is 0 Å². The van der Waals surface area contributed by atoms with Crippen molar-refractivity contribution in [3.8, 4) is 0 Å². The van der Waals surface area contributed by atoms with Crippen LogP contribution < -0.4 is 5.73 Å². The van der Waals surface area contributed by atoms with E-state index in [0.717, 1.165) is 5.56 Å². The van der Waals surface area contributed by atoms with Crippen molar-refractivity contribution in [1.82, 2.24) is 0 Å². The van der Waals surface area contributed by atoms with Crippen molar-refractivity contribution in [2.45, 2.75) is 19.4 Å². The van der Waals surface area contributed by atoms with Crippen LogP contribution in [0.3, 0.4) is 0 Å². The summed E-state index contributed by atoms with van der Waals surface area (Å²) in [4.78, 5) is 11.2. The molecule has 0 fully saturated rings. The highest BCUT2D eigenvalue weighted by Crippen LogP contribution is 2.02. The van der Waals surface area contributed by atoms with E-state index in [9.17, 15) is 4.79 Å². The summed E-state index contributed by atoms with van der Waals surface area (Å²) < 4.78 is 4.81. The molecule has 0 unspecified atom stereocenters. The third kappa shape index (κ3) is 5.95. The zero-order valence-electron chi connectivity index (χ0n) is 9.09. The molecule has 0 bridgehead atoms. The molecule has 0 amide bonds. The molecule has 0 saturated carbocycles. The molecule has 0 heterocycles. The molecule has 1 rings (SSSR count). The van der Waals surface area contributed by atoms with Crippen molar-refractivity contribution in [2.24, 2.45) is 5.73 Å². The van der Waals surface area contributed by atoms with Gasteiger partial charge in [-0.25, -0.2) is 0 Å². The number of halogens is 2. The van der Waals surface area contributed by atoms with Gasteiger partial charge in [-0.2, -0.15) is 0 Å². The summed E-state index contributed by atoms with van der Waals surface area (Å²) in [5.41, 5.74) is 6.71. The Hall–Kier alpha value is -0.770. The molecule has 0 saturated heterocycles. The van der Waals surface area contributed by atoms with Gasteiger partial charge in [0, 0.05) is 0 Å². The Balaban J connectivity index is 0. The largest absolute Gasteiger partial charge is 0.465 e. The summed E-state index contributed by atoms with van der Waals surface area (Å²) in [7, 11) is 0. The standard InChI is InChI=1S/C11H15NO2.2ClH/c1-2-14-11(13)10(12)8-9-6-4-3-5-7-9;;/h3-7,10H,2,8,12H2,1H3;2*1H/t10-;;/m0../s1. The second-order valence-corrected chi connectivity index (χ2v) is 3.05. The van der Waals surface area contributed by atoms with Gasteiger partial charge in [-0.1, -0.05) is 30.3 Å². The van der Waals surface area contributed by atoms with Gasteiger partial charge in [-0.15, -0.1) is 24.8 Å². The number of esters is 1. The minimum absolute atomic E-state index is 0. The molecule has 0 radical (unpaired) electrons. The molecular weight excluding hydrogens is 249 g/mol. The van der Waals surface area contributed by atoms with Crippen LogP contribution in [0, 0.1) is 0 Å². The van der Waals surface area contributed by atoms with Crippen LogP contribution >= 0.6 is 24.8 Å². The molecule has 0 aromatic heterocycles. The lowest BCUT2D eigenvalue weighted by atomic mass is 10.1. The third-order valence-electron chi connectivity index (χ3n) is 1.89. The molecule has 1 atom stereocenters. The molecule has 2 N–H and O–H groups in total. The van der Waals surface area contributed by atoms with E-state index in [-0.39, 0.29) is 30.8 Å². The predicted octanol–water partition coefficient (Wildman–Crippen LogP) is 1.96. The SMILES string of the molecule is CCOC(=O)[C@@H](N)Cc1ccccc1.Cl.Cl. The van der Waals surface area contributed by atoms with Gasteiger partial charge in [0.05, 0.1) is 6.61 Å². The molecule has 1 aromatic rings. The highest BCUT2D eigenvalue weighted by molar-refractivity contribution is 5.85. The quantitative estimate of drug-likeness (QED) is 0.847. The zero-order chi connectivity index (χ0) is 10.4. The van der Waals surface area contributed by atoms with E-state index in [4.69, 9.17) is 10.5 Å². The van der Waals surface area contributed by atoms with Crippen molar-refractivity contribution in [2.75, 3.05) is 6.61 Å². The average Bonchev–Trinajstić information content (AvgIpc) is 2.19. The average molecular weight is 266 g/mol. The van der Waals surface area contributed by atoms with Gasteiger partial charge in [0.2, 0.25) is 0 Å². The van der Waals surface area contributed by atoms with Gasteiger partial charge < -0.3 is 10.5 Å². The number of benzene rings is 1. The molecule has 0 aliphatic rings. The first-order chi connectivity index (χ1) is 6.74. The van der Waals surface area contributed by atoms with Crippen LogP contribution in [0.2, 0.25) is 0 Å². The lowest BCUT2D eigenvalue weighted by Gasteiger charge is -2.09. The van der Waals surface area contributed by atoms with Gasteiger partial charge in [-0.05, 0) is 18.9 Å². The number of nitrogens with two attached hydrogens (primary N) is 1. The molecule has 0 spiro atoms. The monoisotopic (exact) mass is 265 g/mol. The Kier molecular flexibility index (Phi) is 10.4. The number of carbonyl (C=O) groups excluding carboxylic acids is 1. The molecule has 92 valence electrons. The number of hydrogen-bond acceptors (Lipinski definition) is 3. The van der Waals surface area contributed by atoms with Crippen LogP contribution in [-0.4, -0.2) is 18.6 Å². The summed E-state index contributed by atoms with van der Waals surface area (Å²) >= 11 is 0. The van der Waals surface area contributed by atoms with Gasteiger partial charge in [-0.3, -0.25) is 4.79 Å². The Bertz CT molecular complexity index is 293. The van der Waals surface area contributed by atoms with Crippen LogP contribution in [0.5, 0.6) is 0 Å². The molecule has 0 aliphatic carbocycles. The number of ether oxygens (including phenoxy) is 1. The fourth-order valence-electron chi connectivity index (χ4n) is 1.20. The second-order valence-electron chi connectivity index (χ2n) is 3.05. The van der Waals surface area contributed by atoms with E-state index in [2.05, 4.69) is 0 Å². The highest BCUT2D eigenvalue weighted by atomic mass is 35.5. The van der Waals surface area contributed by atoms with Crippen LogP contribution in [0.4, 0.5) is 0 Å². The van der Waals surface area contributed by atoms with E-state index in [1.54, 1.807) is 6.92 Å². The van der Waals surface area contributed by atoms with Crippen LogP contribution in [-0.2, 0) is 16.0 Å². The van der Waals surface area contributed by atoms with Crippen LogP contribution in [0.25, 0.3) is 0 Å². The summed E-state index contributed by atoms with van der Waals surface area (Å²) in [6.45, 7) is 2.15. The topological polar surface area (TPSA) is 52.3 Å². The van der Waals surface area contributed by atoms with E-state index in [1.807, 2.05) is 30.3 Å². The first-order valence-electron chi connectivity index (χ1n) is 4.70. The minimum Gasteiger partial charge on any atom is -0.465 e. The van der Waals surface area contributed by atoms with E-state index < -0.39 is 6.04 Å². The van der Waals surface area contributed by atoms with Crippen LogP contribution in [0.15, 0.2) is 30.3 Å². The van der Waals surface area contributed by atoms with E-state index in [0.29, 0.717) is 13.0 Å². The Morgan fingerprint density at radius 3 is 2.38 bits per heavy atom. The summed E-state index contributed by atoms with van der Waals surface area (Å²) in [5.74, 6) is -0.337. The summed E-state index contributed by atoms with van der Waals surface area (Å²) in [6.07, 6.45) is 0.527. The van der Waals surface area contributed by atoms with Crippen molar-refractivity contribution >= 4 is 30.8 Å². The zero-order valence-corrected chi connectivity index (χ0v) is 10.7. The Morgan fingerprint density at radius 2 is 1.88 bits per heavy atom. The maximum Gasteiger partial charge on any atom is 0.323 e. The van der Waals surface area contributed by atoms with Crippen molar-refractivity contribution in [3.05, 3.63) is 35.9 Å². The Labute approximate surface area is 108 Å². The van der Waals surface area contributed by atoms with Crippen molar-refractivity contribution in [1.29, 1.82) is 0 Å². The van der Waals surface area contributed by atoms with Crippen molar-refractivity contribution < 1.29 is 9.53 Å². The molecule has 16 heavy (non-hydrogen) atoms. The molecule has 3 nitrogen and oxygen atoms in total. The fraction of sp³-hybridized carbons (Fsp3) is 0.364. The molecular formula is C11H17Cl2NO2. The van der Waals surface area contributed by atoms with E-state index in [1.165, 1.54) is 0 Å². The molecule has 0 aliphatic heterocycles. The Morgan fingerprint density at radius 1 is 1.31 bits per heavy atom. The highest BCUT2D eigenvalue weighted by Gasteiger charge is 2.14.